The van der Waals surface area contributed by atoms with Gasteiger partial charge >= 0.3 is 0 Å². The van der Waals surface area contributed by atoms with Gasteiger partial charge in [-0.25, -0.2) is 12.8 Å². The van der Waals surface area contributed by atoms with Crippen LogP contribution in [0.2, 0.25) is 0 Å². The Balaban J connectivity index is 1.66. The second-order valence-corrected chi connectivity index (χ2v) is 8.90. The molecule has 0 radical (unpaired) electrons. The average molecular weight is 458 g/mol. The highest BCUT2D eigenvalue weighted by atomic mass is 32.2. The summed E-state index contributed by atoms with van der Waals surface area (Å²) in [4.78, 5) is 12.2. The maximum Gasteiger partial charge on any atom is 0.261 e. The second kappa shape index (κ2) is 9.23. The monoisotopic (exact) mass is 457 g/mol. The lowest BCUT2D eigenvalue weighted by atomic mass is 10.1. The molecule has 6 nitrogen and oxygen atoms in total. The van der Waals surface area contributed by atoms with Crippen LogP contribution in [0.5, 0.6) is 0 Å². The van der Waals surface area contributed by atoms with Gasteiger partial charge in [0.1, 0.15) is 5.82 Å². The third-order valence-corrected chi connectivity index (χ3v) is 6.04. The van der Waals surface area contributed by atoms with E-state index in [1.165, 1.54) is 48.5 Å². The normalized spacial score (nSPS) is 10.9. The van der Waals surface area contributed by atoms with Crippen molar-refractivity contribution >= 4 is 44.6 Å². The number of benzene rings is 3. The molecule has 0 fully saturated rings. The summed E-state index contributed by atoms with van der Waals surface area (Å²) in [6.07, 6.45) is 0. The Morgan fingerprint density at radius 2 is 1.48 bits per heavy atom. The molecular weight excluding hydrogens is 437 g/mol. The van der Waals surface area contributed by atoms with E-state index in [2.05, 4.69) is 15.4 Å². The maximum atomic E-state index is 13.0. The van der Waals surface area contributed by atoms with Gasteiger partial charge in [-0.05, 0) is 85.7 Å². The molecule has 3 aromatic carbocycles. The molecule has 3 aromatic rings. The van der Waals surface area contributed by atoms with Crippen LogP contribution in [0.3, 0.4) is 0 Å². The SMILES string of the molecule is Cc1cccc(C)c1NS(=O)(=O)c1ccc(NC(=S)NC(=O)c2ccc(F)cc2)cc1. The van der Waals surface area contributed by atoms with Crippen molar-refractivity contribution in [1.29, 1.82) is 0 Å². The molecule has 31 heavy (non-hydrogen) atoms. The Labute approximate surface area is 185 Å². The standard InChI is InChI=1S/C22H20FN3O3S2/c1-14-4-3-5-15(2)20(14)26-31(28,29)19-12-10-18(11-13-19)24-22(30)25-21(27)16-6-8-17(23)9-7-16/h3-13,26H,1-2H3,(H2,24,25,27,30). The van der Waals surface area contributed by atoms with E-state index >= 15 is 0 Å². The Morgan fingerprint density at radius 1 is 0.903 bits per heavy atom. The Kier molecular flexibility index (Phi) is 6.67. The van der Waals surface area contributed by atoms with Crippen molar-refractivity contribution < 1.29 is 17.6 Å². The predicted octanol–water partition coefficient (Wildman–Crippen LogP) is 4.37. The molecule has 3 rings (SSSR count). The number of aryl methyl sites for hydroxylation is 2. The van der Waals surface area contributed by atoms with Crippen molar-refractivity contribution in [2.75, 3.05) is 10.0 Å². The summed E-state index contributed by atoms with van der Waals surface area (Å²) in [5, 5.41) is 5.32. The zero-order valence-electron chi connectivity index (χ0n) is 16.8. The van der Waals surface area contributed by atoms with Crippen molar-refractivity contribution in [2.24, 2.45) is 0 Å². The number of sulfonamides is 1. The van der Waals surface area contributed by atoms with Crippen LogP contribution in [0.4, 0.5) is 15.8 Å². The van der Waals surface area contributed by atoms with E-state index < -0.39 is 21.7 Å². The summed E-state index contributed by atoms with van der Waals surface area (Å²) in [6.45, 7) is 3.66. The topological polar surface area (TPSA) is 87.3 Å². The number of hydrogen-bond acceptors (Lipinski definition) is 4. The summed E-state index contributed by atoms with van der Waals surface area (Å²) >= 11 is 5.11. The fourth-order valence-corrected chi connectivity index (χ4v) is 4.24. The minimum Gasteiger partial charge on any atom is -0.332 e. The van der Waals surface area contributed by atoms with Gasteiger partial charge in [0.2, 0.25) is 0 Å². The Bertz CT molecular complexity index is 1210. The highest BCUT2D eigenvalue weighted by Crippen LogP contribution is 2.24. The number of halogens is 1. The highest BCUT2D eigenvalue weighted by molar-refractivity contribution is 7.92. The first-order valence-electron chi connectivity index (χ1n) is 9.23. The van der Waals surface area contributed by atoms with Gasteiger partial charge in [-0.1, -0.05) is 18.2 Å². The molecule has 0 unspecified atom stereocenters. The maximum absolute atomic E-state index is 13.0. The Hall–Kier alpha value is -3.30. The van der Waals surface area contributed by atoms with Crippen LogP contribution in [-0.4, -0.2) is 19.4 Å². The van der Waals surface area contributed by atoms with Gasteiger partial charge < -0.3 is 5.32 Å². The molecule has 0 heterocycles. The largest absolute Gasteiger partial charge is 0.332 e. The summed E-state index contributed by atoms with van der Waals surface area (Å²) < 4.78 is 41.0. The number of hydrogen-bond donors (Lipinski definition) is 3. The number of anilines is 2. The number of nitrogens with one attached hydrogen (secondary N) is 3. The highest BCUT2D eigenvalue weighted by Gasteiger charge is 2.16. The molecule has 3 N–H and O–H groups in total. The summed E-state index contributed by atoms with van der Waals surface area (Å²) in [5.41, 5.74) is 2.95. The molecule has 0 spiro atoms. The molecule has 0 bridgehead atoms. The number of carbonyl (C=O) groups excluding carboxylic acids is 1. The minimum atomic E-state index is -3.77. The average Bonchev–Trinajstić information content (AvgIpc) is 2.71. The second-order valence-electron chi connectivity index (χ2n) is 6.81. The van der Waals surface area contributed by atoms with Gasteiger partial charge in [-0.3, -0.25) is 14.8 Å². The van der Waals surface area contributed by atoms with Gasteiger partial charge in [0.25, 0.3) is 15.9 Å². The van der Waals surface area contributed by atoms with Crippen LogP contribution in [-0.2, 0) is 10.0 Å². The van der Waals surface area contributed by atoms with Gasteiger partial charge in [0, 0.05) is 11.3 Å². The Morgan fingerprint density at radius 3 is 2.06 bits per heavy atom. The fourth-order valence-electron chi connectivity index (χ4n) is 2.83. The molecule has 0 saturated carbocycles. The third-order valence-electron chi connectivity index (χ3n) is 4.47. The molecule has 0 atom stereocenters. The van der Waals surface area contributed by atoms with Crippen molar-refractivity contribution in [3.05, 3.63) is 89.2 Å². The number of rotatable bonds is 5. The van der Waals surface area contributed by atoms with Gasteiger partial charge in [0.15, 0.2) is 5.11 Å². The lowest BCUT2D eigenvalue weighted by molar-refractivity contribution is 0.0977. The zero-order valence-corrected chi connectivity index (χ0v) is 18.4. The molecule has 0 saturated heterocycles. The van der Waals surface area contributed by atoms with Gasteiger partial charge in [-0.2, -0.15) is 0 Å². The van der Waals surface area contributed by atoms with Crippen molar-refractivity contribution in [1.82, 2.24) is 5.32 Å². The summed E-state index contributed by atoms with van der Waals surface area (Å²) in [5.74, 6) is -0.936. The molecule has 0 aliphatic carbocycles. The van der Waals surface area contributed by atoms with E-state index in [9.17, 15) is 17.6 Å². The molecule has 0 aliphatic heterocycles. The first-order valence-corrected chi connectivity index (χ1v) is 11.1. The number of carbonyl (C=O) groups is 1. The van der Waals surface area contributed by atoms with E-state index in [1.807, 2.05) is 32.0 Å². The molecule has 0 aromatic heterocycles. The molecule has 1 amide bonds. The van der Waals surface area contributed by atoms with Crippen molar-refractivity contribution in [2.45, 2.75) is 18.7 Å². The predicted molar refractivity (Wildman–Crippen MR) is 123 cm³/mol. The first-order chi connectivity index (χ1) is 14.7. The summed E-state index contributed by atoms with van der Waals surface area (Å²) in [7, 11) is -3.77. The first kappa shape index (κ1) is 22.4. The molecule has 0 aliphatic rings. The van der Waals surface area contributed by atoms with E-state index in [0.717, 1.165) is 11.1 Å². The minimum absolute atomic E-state index is 0.0265. The van der Waals surface area contributed by atoms with Crippen molar-refractivity contribution in [3.63, 3.8) is 0 Å². The fraction of sp³-hybridized carbons (Fsp3) is 0.0909. The van der Waals surface area contributed by atoms with Gasteiger partial charge in [-0.15, -0.1) is 0 Å². The van der Waals surface area contributed by atoms with Crippen molar-refractivity contribution in [3.8, 4) is 0 Å². The molecular formula is C22H20FN3O3S2. The summed E-state index contributed by atoms with van der Waals surface area (Å²) in [6, 6.07) is 16.5. The zero-order chi connectivity index (χ0) is 22.6. The lowest BCUT2D eigenvalue weighted by Gasteiger charge is -2.14. The van der Waals surface area contributed by atoms with Gasteiger partial charge in [0.05, 0.1) is 10.6 Å². The smallest absolute Gasteiger partial charge is 0.261 e. The van der Waals surface area contributed by atoms with Crippen LogP contribution in [0.15, 0.2) is 71.6 Å². The lowest BCUT2D eigenvalue weighted by Crippen LogP contribution is -2.34. The number of thiocarbonyl (C=S) groups is 1. The van der Waals surface area contributed by atoms with E-state index in [1.54, 1.807) is 0 Å². The third kappa shape index (κ3) is 5.65. The van der Waals surface area contributed by atoms with Crippen LogP contribution in [0.1, 0.15) is 21.5 Å². The number of amides is 1. The quantitative estimate of drug-likeness (QED) is 0.495. The molecule has 9 heteroatoms. The molecule has 160 valence electrons. The van der Waals surface area contributed by atoms with E-state index in [4.69, 9.17) is 12.2 Å². The van der Waals surface area contributed by atoms with Crippen LogP contribution < -0.4 is 15.4 Å². The van der Waals surface area contributed by atoms with Crippen LogP contribution in [0, 0.1) is 19.7 Å². The number of para-hydroxylation sites is 1. The van der Waals surface area contributed by atoms with E-state index in [0.29, 0.717) is 11.4 Å². The van der Waals surface area contributed by atoms with Crippen LogP contribution >= 0.6 is 12.2 Å². The van der Waals surface area contributed by atoms with Crippen LogP contribution in [0.25, 0.3) is 0 Å². The van der Waals surface area contributed by atoms with E-state index in [-0.39, 0.29) is 15.6 Å².